The first-order valence-corrected chi connectivity index (χ1v) is 12.8. The first kappa shape index (κ1) is 26.0. The van der Waals surface area contributed by atoms with E-state index in [-0.39, 0.29) is 11.7 Å². The van der Waals surface area contributed by atoms with E-state index in [2.05, 4.69) is 16.0 Å². The lowest BCUT2D eigenvalue weighted by molar-refractivity contribution is 0.0526. The monoisotopic (exact) mass is 547 g/mol. The summed E-state index contributed by atoms with van der Waals surface area (Å²) in [5.41, 5.74) is 2.73. The van der Waals surface area contributed by atoms with E-state index in [9.17, 15) is 9.59 Å². The van der Waals surface area contributed by atoms with Crippen LogP contribution in [0.1, 0.15) is 56.5 Å². The summed E-state index contributed by atoms with van der Waals surface area (Å²) in [6.07, 6.45) is 2.66. The summed E-state index contributed by atoms with van der Waals surface area (Å²) >= 11 is 25.3. The van der Waals surface area contributed by atoms with Crippen LogP contribution in [0, 0.1) is 6.92 Å². The smallest absolute Gasteiger partial charge is 0.341 e. The zero-order valence-electron chi connectivity index (χ0n) is 18.1. The Bertz CT molecular complexity index is 1050. The molecule has 0 saturated carbocycles. The van der Waals surface area contributed by atoms with Crippen molar-refractivity contribution in [2.75, 3.05) is 11.9 Å². The molecule has 1 aromatic heterocycles. The molecule has 0 bridgehead atoms. The van der Waals surface area contributed by atoms with Gasteiger partial charge in [0.1, 0.15) is 11.2 Å². The summed E-state index contributed by atoms with van der Waals surface area (Å²) in [4.78, 5) is 26.6. The Morgan fingerprint density at radius 1 is 1.18 bits per heavy atom. The fraction of sp³-hybridized carbons (Fsp3) is 0.409. The van der Waals surface area contributed by atoms with E-state index in [0.29, 0.717) is 16.1 Å². The maximum absolute atomic E-state index is 12.8. The second kappa shape index (κ2) is 11.2. The number of amides is 1. The number of hydrogen-bond donors (Lipinski definition) is 3. The van der Waals surface area contributed by atoms with E-state index >= 15 is 0 Å². The largest absolute Gasteiger partial charge is 0.462 e. The van der Waals surface area contributed by atoms with Crippen LogP contribution in [0.25, 0.3) is 0 Å². The van der Waals surface area contributed by atoms with Crippen molar-refractivity contribution in [3.8, 4) is 0 Å². The van der Waals surface area contributed by atoms with E-state index in [1.807, 2.05) is 19.1 Å². The third kappa shape index (κ3) is 6.51. The summed E-state index contributed by atoms with van der Waals surface area (Å²) in [5.74, 6) is -0.813. The second-order valence-electron chi connectivity index (χ2n) is 7.50. The number of ether oxygens (including phenoxy) is 1. The number of fused-ring (bicyclic) bond motifs is 1. The van der Waals surface area contributed by atoms with Crippen LogP contribution in [0.2, 0.25) is 0 Å². The molecule has 1 heterocycles. The Hall–Kier alpha value is -1.58. The van der Waals surface area contributed by atoms with Gasteiger partial charge >= 0.3 is 5.97 Å². The molecule has 6 nitrogen and oxygen atoms in total. The Kier molecular flexibility index (Phi) is 8.86. The van der Waals surface area contributed by atoms with Gasteiger partial charge in [0.25, 0.3) is 5.91 Å². The fourth-order valence-electron chi connectivity index (χ4n) is 3.58. The van der Waals surface area contributed by atoms with Crippen LogP contribution in [-0.2, 0) is 17.6 Å². The number of carbonyl (C=O) groups is 2. The lowest BCUT2D eigenvalue weighted by atomic mass is 9.95. The highest BCUT2D eigenvalue weighted by atomic mass is 35.6. The van der Waals surface area contributed by atoms with Gasteiger partial charge in [0.05, 0.1) is 12.2 Å². The van der Waals surface area contributed by atoms with Crippen molar-refractivity contribution < 1.29 is 14.3 Å². The number of anilines is 1. The summed E-state index contributed by atoms with van der Waals surface area (Å²) in [6.45, 7) is 3.85. The number of hydrogen-bond acceptors (Lipinski definition) is 5. The second-order valence-corrected chi connectivity index (χ2v) is 11.4. The highest BCUT2D eigenvalue weighted by molar-refractivity contribution is 7.80. The van der Waals surface area contributed by atoms with Crippen molar-refractivity contribution in [1.82, 2.24) is 10.6 Å². The van der Waals surface area contributed by atoms with Crippen molar-refractivity contribution in [1.29, 1.82) is 0 Å². The Balaban J connectivity index is 1.79. The van der Waals surface area contributed by atoms with Crippen LogP contribution in [0.15, 0.2) is 24.3 Å². The lowest BCUT2D eigenvalue weighted by Gasteiger charge is -2.28. The fourth-order valence-corrected chi connectivity index (χ4v) is 5.47. The van der Waals surface area contributed by atoms with Gasteiger partial charge < -0.3 is 20.7 Å². The molecule has 0 unspecified atom stereocenters. The summed E-state index contributed by atoms with van der Waals surface area (Å²) < 4.78 is 3.37. The van der Waals surface area contributed by atoms with Crippen molar-refractivity contribution >= 4 is 80.3 Å². The quantitative estimate of drug-likeness (QED) is 0.191. The number of thiocarbonyl (C=S) groups is 1. The highest BCUT2D eigenvalue weighted by Crippen LogP contribution is 2.38. The molecular formula is C22H24Cl3N3O3S2. The SMILES string of the molecule is CCOC(=O)c1c(NC(=S)N[C@H](NC(=O)c2ccccc2C)C(Cl)(Cl)Cl)sc2c1CCCC2. The number of carbonyl (C=O) groups excluding carboxylic acids is 2. The van der Waals surface area contributed by atoms with Crippen LogP contribution in [0.3, 0.4) is 0 Å². The molecule has 1 amide bonds. The first-order valence-electron chi connectivity index (χ1n) is 10.4. The molecule has 0 fully saturated rings. The van der Waals surface area contributed by atoms with Crippen molar-refractivity contribution in [3.05, 3.63) is 51.4 Å². The van der Waals surface area contributed by atoms with Gasteiger partial charge in [0, 0.05) is 10.4 Å². The van der Waals surface area contributed by atoms with Crippen LogP contribution in [0.4, 0.5) is 5.00 Å². The van der Waals surface area contributed by atoms with E-state index in [1.165, 1.54) is 11.3 Å². The molecule has 2 aromatic rings. The minimum absolute atomic E-state index is 0.0977. The number of benzene rings is 1. The van der Waals surface area contributed by atoms with E-state index < -0.39 is 21.8 Å². The number of aryl methyl sites for hydroxylation is 2. The Labute approximate surface area is 217 Å². The van der Waals surface area contributed by atoms with Crippen LogP contribution < -0.4 is 16.0 Å². The lowest BCUT2D eigenvalue weighted by Crippen LogP contribution is -2.56. The molecule has 11 heteroatoms. The summed E-state index contributed by atoms with van der Waals surface area (Å²) in [5, 5.41) is 9.24. The molecule has 1 aliphatic rings. The van der Waals surface area contributed by atoms with E-state index in [4.69, 9.17) is 51.8 Å². The third-order valence-electron chi connectivity index (χ3n) is 5.15. The number of alkyl halides is 3. The average molecular weight is 549 g/mol. The van der Waals surface area contributed by atoms with E-state index in [0.717, 1.165) is 41.7 Å². The van der Waals surface area contributed by atoms with Gasteiger partial charge in [-0.3, -0.25) is 4.79 Å². The molecule has 0 saturated heterocycles. The van der Waals surface area contributed by atoms with Gasteiger partial charge in [0.15, 0.2) is 5.11 Å². The molecule has 3 N–H and O–H groups in total. The normalized spacial score (nSPS) is 14.1. The molecule has 1 aromatic carbocycles. The summed E-state index contributed by atoms with van der Waals surface area (Å²) in [7, 11) is 0. The minimum Gasteiger partial charge on any atom is -0.462 e. The number of rotatable bonds is 6. The van der Waals surface area contributed by atoms with Gasteiger partial charge in [-0.25, -0.2) is 4.79 Å². The topological polar surface area (TPSA) is 79.5 Å². The Morgan fingerprint density at radius 2 is 1.88 bits per heavy atom. The van der Waals surface area contributed by atoms with Crippen molar-refractivity contribution in [2.45, 2.75) is 49.5 Å². The molecule has 1 atom stereocenters. The molecule has 0 aliphatic heterocycles. The van der Waals surface area contributed by atoms with E-state index in [1.54, 1.807) is 19.1 Å². The van der Waals surface area contributed by atoms with Gasteiger partial charge in [-0.05, 0) is 68.9 Å². The average Bonchev–Trinajstić information content (AvgIpc) is 3.10. The van der Waals surface area contributed by atoms with Gasteiger partial charge in [-0.1, -0.05) is 53.0 Å². The van der Waals surface area contributed by atoms with Crippen molar-refractivity contribution in [3.63, 3.8) is 0 Å². The third-order valence-corrected chi connectivity index (χ3v) is 7.23. The number of nitrogens with one attached hydrogen (secondary N) is 3. The standard InChI is InChI=1S/C22H24Cl3N3O3S2/c1-3-31-19(30)16-14-10-6-7-11-15(14)33-18(16)27-21(32)28-20(22(23,24)25)26-17(29)13-9-5-4-8-12(13)2/h4-5,8-9,20H,3,6-7,10-11H2,1-2H3,(H,26,29)(H2,27,28,32)/t20-/m0/s1. The maximum atomic E-state index is 12.8. The highest BCUT2D eigenvalue weighted by Gasteiger charge is 2.35. The Morgan fingerprint density at radius 3 is 2.55 bits per heavy atom. The zero-order chi connectivity index (χ0) is 24.2. The van der Waals surface area contributed by atoms with Gasteiger partial charge in [-0.2, -0.15) is 0 Å². The number of thiophene rings is 1. The first-order chi connectivity index (χ1) is 15.6. The molecule has 1 aliphatic carbocycles. The number of halogens is 3. The van der Waals surface area contributed by atoms with Crippen molar-refractivity contribution in [2.24, 2.45) is 0 Å². The van der Waals surface area contributed by atoms with Crippen LogP contribution in [-0.4, -0.2) is 33.6 Å². The molecule has 33 heavy (non-hydrogen) atoms. The molecule has 0 spiro atoms. The molecule has 0 radical (unpaired) electrons. The van der Waals surface area contributed by atoms with Gasteiger partial charge in [-0.15, -0.1) is 11.3 Å². The zero-order valence-corrected chi connectivity index (χ0v) is 22.0. The predicted octanol–water partition coefficient (Wildman–Crippen LogP) is 5.52. The van der Waals surface area contributed by atoms with Gasteiger partial charge in [0.2, 0.25) is 3.79 Å². The van der Waals surface area contributed by atoms with Crippen LogP contribution in [0.5, 0.6) is 0 Å². The van der Waals surface area contributed by atoms with Crippen LogP contribution >= 0.6 is 58.4 Å². The summed E-state index contributed by atoms with van der Waals surface area (Å²) in [6, 6.07) is 7.08. The molecule has 3 rings (SSSR count). The minimum atomic E-state index is -1.90. The molecular weight excluding hydrogens is 525 g/mol. The predicted molar refractivity (Wildman–Crippen MR) is 139 cm³/mol. The maximum Gasteiger partial charge on any atom is 0.341 e. The number of esters is 1. The molecule has 178 valence electrons.